The lowest BCUT2D eigenvalue weighted by molar-refractivity contribution is -0.144. The van der Waals surface area contributed by atoms with Gasteiger partial charge in [-0.15, -0.1) is 5.10 Å². The van der Waals surface area contributed by atoms with E-state index < -0.39 is 18.1 Å². The zero-order chi connectivity index (χ0) is 14.0. The van der Waals surface area contributed by atoms with Crippen LogP contribution in [0.1, 0.15) is 18.5 Å². The van der Waals surface area contributed by atoms with Gasteiger partial charge in [-0.3, -0.25) is 0 Å². The van der Waals surface area contributed by atoms with E-state index in [0.717, 1.165) is 10.2 Å². The van der Waals surface area contributed by atoms with Crippen molar-refractivity contribution in [3.8, 4) is 11.4 Å². The van der Waals surface area contributed by atoms with Gasteiger partial charge in [-0.05, 0) is 30.3 Å². The molecule has 2 aromatic rings. The van der Waals surface area contributed by atoms with Gasteiger partial charge in [0.1, 0.15) is 0 Å². The van der Waals surface area contributed by atoms with Crippen LogP contribution in [0.25, 0.3) is 11.4 Å². The number of hydrogen-bond acceptors (Lipinski definition) is 5. The van der Waals surface area contributed by atoms with Gasteiger partial charge in [-0.2, -0.15) is 0 Å². The molecule has 19 heavy (non-hydrogen) atoms. The number of carbonyl (C=O) groups is 1. The summed E-state index contributed by atoms with van der Waals surface area (Å²) in [6.45, 7) is 3.31. The van der Waals surface area contributed by atoms with E-state index in [1.807, 2.05) is 25.1 Å². The van der Waals surface area contributed by atoms with Gasteiger partial charge in [0.05, 0.1) is 6.10 Å². The molecule has 0 aliphatic carbocycles. The van der Waals surface area contributed by atoms with Crippen molar-refractivity contribution in [3.05, 3.63) is 29.8 Å². The van der Waals surface area contributed by atoms with Crippen LogP contribution in [0.2, 0.25) is 0 Å². The Hall–Kier alpha value is -2.28. The zero-order valence-corrected chi connectivity index (χ0v) is 10.6. The van der Waals surface area contributed by atoms with Crippen molar-refractivity contribution in [1.82, 2.24) is 20.2 Å². The van der Waals surface area contributed by atoms with Crippen molar-refractivity contribution >= 4 is 5.97 Å². The highest BCUT2D eigenvalue weighted by Crippen LogP contribution is 2.22. The molecule has 7 heteroatoms. The number of tetrazole rings is 1. The summed E-state index contributed by atoms with van der Waals surface area (Å²) in [7, 11) is 0. The van der Waals surface area contributed by atoms with Gasteiger partial charge in [-0.1, -0.05) is 23.8 Å². The Labute approximate surface area is 109 Å². The highest BCUT2D eigenvalue weighted by molar-refractivity contribution is 5.73. The van der Waals surface area contributed by atoms with Crippen molar-refractivity contribution in [2.24, 2.45) is 0 Å². The normalized spacial score (nSPS) is 14.1. The largest absolute Gasteiger partial charge is 0.480 e. The van der Waals surface area contributed by atoms with E-state index in [-0.39, 0.29) is 0 Å². The smallest absolute Gasteiger partial charge is 0.331 e. The highest BCUT2D eigenvalue weighted by Gasteiger charge is 2.29. The average Bonchev–Trinajstić information content (AvgIpc) is 2.77. The molecule has 0 fully saturated rings. The fourth-order valence-corrected chi connectivity index (χ4v) is 1.87. The van der Waals surface area contributed by atoms with Crippen molar-refractivity contribution in [2.75, 3.05) is 0 Å². The number of carboxylic acids is 1. The fraction of sp³-hybridized carbons (Fsp3) is 0.333. The van der Waals surface area contributed by atoms with Crippen LogP contribution >= 0.6 is 0 Å². The number of aryl methyl sites for hydroxylation is 1. The Morgan fingerprint density at radius 2 is 2.16 bits per heavy atom. The van der Waals surface area contributed by atoms with Crippen LogP contribution in [-0.2, 0) is 4.79 Å². The van der Waals surface area contributed by atoms with E-state index in [0.29, 0.717) is 11.4 Å². The lowest BCUT2D eigenvalue weighted by Gasteiger charge is -2.16. The van der Waals surface area contributed by atoms with Crippen LogP contribution in [0.5, 0.6) is 0 Å². The number of aliphatic hydroxyl groups is 1. The Balaban J connectivity index is 2.50. The van der Waals surface area contributed by atoms with Gasteiger partial charge in [0.25, 0.3) is 0 Å². The van der Waals surface area contributed by atoms with E-state index in [4.69, 9.17) is 5.11 Å². The first-order chi connectivity index (χ1) is 9.00. The second kappa shape index (κ2) is 5.15. The van der Waals surface area contributed by atoms with Gasteiger partial charge in [0, 0.05) is 5.56 Å². The van der Waals surface area contributed by atoms with E-state index in [1.165, 1.54) is 6.92 Å². The second-order valence-corrected chi connectivity index (χ2v) is 4.34. The quantitative estimate of drug-likeness (QED) is 0.839. The Bertz CT molecular complexity index is 594. The van der Waals surface area contributed by atoms with Crippen molar-refractivity contribution in [3.63, 3.8) is 0 Å². The summed E-state index contributed by atoms with van der Waals surface area (Å²) < 4.78 is 1.13. The summed E-state index contributed by atoms with van der Waals surface area (Å²) in [5.74, 6) is -0.867. The van der Waals surface area contributed by atoms with E-state index >= 15 is 0 Å². The molecule has 100 valence electrons. The molecule has 1 heterocycles. The maximum Gasteiger partial charge on any atom is 0.331 e. The first-order valence-corrected chi connectivity index (χ1v) is 5.76. The number of benzene rings is 1. The summed E-state index contributed by atoms with van der Waals surface area (Å²) in [5.41, 5.74) is 1.72. The zero-order valence-electron chi connectivity index (χ0n) is 10.6. The molecule has 2 N–H and O–H groups in total. The Morgan fingerprint density at radius 1 is 1.42 bits per heavy atom. The molecule has 0 bridgehead atoms. The van der Waals surface area contributed by atoms with Crippen LogP contribution in [-0.4, -0.2) is 42.5 Å². The molecule has 0 radical (unpaired) electrons. The minimum atomic E-state index is -1.22. The van der Waals surface area contributed by atoms with Gasteiger partial charge >= 0.3 is 5.97 Å². The third kappa shape index (κ3) is 2.60. The third-order valence-electron chi connectivity index (χ3n) is 2.74. The molecule has 7 nitrogen and oxygen atoms in total. The molecular formula is C12H14N4O3. The number of aliphatic hydroxyl groups excluding tert-OH is 1. The summed E-state index contributed by atoms with van der Waals surface area (Å²) in [6.07, 6.45) is -1.11. The van der Waals surface area contributed by atoms with E-state index in [1.54, 1.807) is 6.07 Å². The minimum absolute atomic E-state index is 0.317. The molecule has 0 aliphatic rings. The van der Waals surface area contributed by atoms with Crippen molar-refractivity contribution in [1.29, 1.82) is 0 Å². The van der Waals surface area contributed by atoms with Crippen LogP contribution < -0.4 is 0 Å². The first kappa shape index (κ1) is 13.2. The summed E-state index contributed by atoms with van der Waals surface area (Å²) >= 11 is 0. The molecule has 0 spiro atoms. The summed E-state index contributed by atoms with van der Waals surface area (Å²) in [6, 6.07) is 6.17. The maximum absolute atomic E-state index is 11.2. The lowest BCUT2D eigenvalue weighted by atomic mass is 10.1. The lowest BCUT2D eigenvalue weighted by Crippen LogP contribution is -2.30. The predicted molar refractivity (Wildman–Crippen MR) is 66.3 cm³/mol. The van der Waals surface area contributed by atoms with E-state index in [2.05, 4.69) is 15.5 Å². The second-order valence-electron chi connectivity index (χ2n) is 4.34. The number of carboxylic acid groups (broad SMARTS) is 1. The van der Waals surface area contributed by atoms with Gasteiger partial charge in [-0.25, -0.2) is 9.48 Å². The number of rotatable bonds is 4. The summed E-state index contributed by atoms with van der Waals surface area (Å²) in [5, 5.41) is 29.8. The number of hydrogen-bond donors (Lipinski definition) is 2. The average molecular weight is 262 g/mol. The number of nitrogens with zero attached hydrogens (tertiary/aromatic N) is 4. The van der Waals surface area contributed by atoms with Crippen molar-refractivity contribution < 1.29 is 15.0 Å². The first-order valence-electron chi connectivity index (χ1n) is 5.76. The molecule has 0 aliphatic heterocycles. The van der Waals surface area contributed by atoms with Gasteiger partial charge in [0.2, 0.25) is 0 Å². The third-order valence-corrected chi connectivity index (χ3v) is 2.74. The maximum atomic E-state index is 11.2. The number of aliphatic carboxylic acids is 1. The van der Waals surface area contributed by atoms with Crippen LogP contribution in [0.4, 0.5) is 0 Å². The summed E-state index contributed by atoms with van der Waals surface area (Å²) in [4.78, 5) is 11.2. The minimum Gasteiger partial charge on any atom is -0.480 e. The van der Waals surface area contributed by atoms with Crippen LogP contribution in [0, 0.1) is 6.92 Å². The standard InChI is InChI=1S/C12H14N4O3/c1-7-4-3-5-9(6-7)11-13-14-15-16(11)10(8(2)17)12(18)19/h3-6,8,10,17H,1-2H3,(H,18,19). The molecule has 1 aromatic heterocycles. The van der Waals surface area contributed by atoms with Crippen LogP contribution in [0.15, 0.2) is 24.3 Å². The topological polar surface area (TPSA) is 101 Å². The molecule has 2 rings (SSSR count). The number of aromatic nitrogens is 4. The van der Waals surface area contributed by atoms with Crippen LogP contribution in [0.3, 0.4) is 0 Å². The molecular weight excluding hydrogens is 248 g/mol. The molecule has 0 saturated carbocycles. The molecule has 0 amide bonds. The fourth-order valence-electron chi connectivity index (χ4n) is 1.87. The Kier molecular flexibility index (Phi) is 3.57. The van der Waals surface area contributed by atoms with Gasteiger partial charge in [0.15, 0.2) is 11.9 Å². The van der Waals surface area contributed by atoms with E-state index in [9.17, 15) is 9.90 Å². The molecule has 0 saturated heterocycles. The monoisotopic (exact) mass is 262 g/mol. The molecule has 1 aromatic carbocycles. The predicted octanol–water partition coefficient (Wildman–Crippen LogP) is 0.655. The Morgan fingerprint density at radius 3 is 2.74 bits per heavy atom. The van der Waals surface area contributed by atoms with Crippen molar-refractivity contribution in [2.45, 2.75) is 26.0 Å². The highest BCUT2D eigenvalue weighted by atomic mass is 16.4. The SMILES string of the molecule is Cc1cccc(-c2nnnn2C(C(=O)O)C(C)O)c1. The molecule has 2 unspecified atom stereocenters. The molecule has 2 atom stereocenters. The van der Waals surface area contributed by atoms with Gasteiger partial charge < -0.3 is 10.2 Å².